The zero-order valence-electron chi connectivity index (χ0n) is 13.8. The van der Waals surface area contributed by atoms with E-state index in [-0.39, 0.29) is 19.9 Å². The molecule has 2 rings (SSSR count). The summed E-state index contributed by atoms with van der Waals surface area (Å²) in [5, 5.41) is 2.77. The highest BCUT2D eigenvalue weighted by molar-refractivity contribution is 6.30. The second-order valence-corrected chi connectivity index (χ2v) is 5.67. The number of hydrogen-bond donors (Lipinski definition) is 1. The lowest BCUT2D eigenvalue weighted by molar-refractivity contribution is -0.121. The molecule has 0 unspecified atom stereocenters. The van der Waals surface area contributed by atoms with Gasteiger partial charge in [-0.05, 0) is 25.6 Å². The molecule has 1 aromatic carbocycles. The second kappa shape index (κ2) is 8.86. The van der Waals surface area contributed by atoms with Crippen LogP contribution in [0, 0.1) is 0 Å². The third kappa shape index (κ3) is 5.09. The lowest BCUT2D eigenvalue weighted by Gasteiger charge is -2.25. The van der Waals surface area contributed by atoms with Crippen molar-refractivity contribution in [2.24, 2.45) is 0 Å². The maximum atomic E-state index is 11.9. The summed E-state index contributed by atoms with van der Waals surface area (Å²) in [5.74, 6) is 0.324. The molecule has 2 amide bonds. The molecule has 24 heavy (non-hydrogen) atoms. The number of carbonyl (C=O) groups excluding carboxylic acids is 2. The number of benzene rings is 1. The summed E-state index contributed by atoms with van der Waals surface area (Å²) in [6.45, 7) is 5.60. The minimum Gasteiger partial charge on any atom is -0.467 e. The first-order chi connectivity index (χ1) is 11.5. The van der Waals surface area contributed by atoms with Gasteiger partial charge in [-0.25, -0.2) is 4.79 Å². The Labute approximate surface area is 145 Å². The van der Waals surface area contributed by atoms with E-state index in [1.165, 1.54) is 0 Å². The molecule has 1 N–H and O–H groups in total. The van der Waals surface area contributed by atoms with Crippen LogP contribution in [0.25, 0.3) is 0 Å². The van der Waals surface area contributed by atoms with Gasteiger partial charge in [0.25, 0.3) is 0 Å². The molecule has 1 aromatic rings. The molecule has 8 heteroatoms. The molecule has 1 heterocycles. The Morgan fingerprint density at radius 3 is 2.88 bits per heavy atom. The third-order valence-electron chi connectivity index (χ3n) is 3.48. The van der Waals surface area contributed by atoms with Crippen LogP contribution in [0.1, 0.15) is 25.0 Å². The van der Waals surface area contributed by atoms with Crippen LogP contribution in [0.4, 0.5) is 4.79 Å². The lowest BCUT2D eigenvalue weighted by Crippen LogP contribution is -2.40. The number of nitrogens with one attached hydrogen (secondary N) is 1. The topological polar surface area (TPSA) is 77.1 Å². The minimum atomic E-state index is -0.737. The fourth-order valence-corrected chi connectivity index (χ4v) is 2.68. The molecule has 0 saturated heterocycles. The first-order valence-electron chi connectivity index (χ1n) is 7.74. The number of ether oxygens (including phenoxy) is 3. The van der Waals surface area contributed by atoms with Crippen molar-refractivity contribution in [3.05, 3.63) is 28.3 Å². The van der Waals surface area contributed by atoms with Gasteiger partial charge < -0.3 is 14.2 Å². The van der Waals surface area contributed by atoms with Crippen molar-refractivity contribution in [1.29, 1.82) is 0 Å². The van der Waals surface area contributed by atoms with E-state index in [0.717, 1.165) is 16.9 Å². The van der Waals surface area contributed by atoms with Crippen LogP contribution < -0.4 is 10.1 Å². The van der Waals surface area contributed by atoms with Crippen LogP contribution in [-0.2, 0) is 27.4 Å². The van der Waals surface area contributed by atoms with Crippen molar-refractivity contribution in [1.82, 2.24) is 10.2 Å². The van der Waals surface area contributed by atoms with E-state index in [9.17, 15) is 9.59 Å². The van der Waals surface area contributed by atoms with E-state index < -0.39 is 12.0 Å². The number of likely N-dealkylation sites (N-methyl/N-ethyl adjacent to an activating group) is 1. The van der Waals surface area contributed by atoms with Crippen molar-refractivity contribution >= 4 is 23.6 Å². The summed E-state index contributed by atoms with van der Waals surface area (Å²) >= 11 is 6.15. The Morgan fingerprint density at radius 1 is 1.38 bits per heavy atom. The Bertz CT molecular complexity index is 608. The molecule has 7 nitrogen and oxygen atoms in total. The number of alkyl carbamates (subject to hydrolysis) is 1. The molecule has 0 radical (unpaired) electrons. The average molecular weight is 357 g/mol. The smallest absolute Gasteiger partial charge is 0.413 e. The Hall–Kier alpha value is -1.83. The average Bonchev–Trinajstić information content (AvgIpc) is 2.54. The molecule has 0 spiro atoms. The number of amides is 2. The minimum absolute atomic E-state index is 0.0626. The van der Waals surface area contributed by atoms with E-state index in [2.05, 4.69) is 5.32 Å². The number of fused-ring (bicyclic) bond motifs is 1. The molecule has 1 aliphatic heterocycles. The highest BCUT2D eigenvalue weighted by atomic mass is 35.5. The summed E-state index contributed by atoms with van der Waals surface area (Å²) < 4.78 is 15.5. The van der Waals surface area contributed by atoms with Gasteiger partial charge in [-0.3, -0.25) is 15.0 Å². The Balaban J connectivity index is 2.04. The fourth-order valence-electron chi connectivity index (χ4n) is 2.42. The predicted molar refractivity (Wildman–Crippen MR) is 87.9 cm³/mol. The first-order valence-corrected chi connectivity index (χ1v) is 8.12. The molecule has 132 valence electrons. The largest absolute Gasteiger partial charge is 0.467 e. The Morgan fingerprint density at radius 2 is 2.17 bits per heavy atom. The van der Waals surface area contributed by atoms with Crippen LogP contribution >= 0.6 is 11.6 Å². The first kappa shape index (κ1) is 18.5. The molecule has 0 aliphatic carbocycles. The number of carbonyl (C=O) groups is 2. The highest BCUT2D eigenvalue weighted by Crippen LogP contribution is 2.32. The molecule has 0 bridgehead atoms. The van der Waals surface area contributed by atoms with Gasteiger partial charge in [0, 0.05) is 22.7 Å². The normalized spacial score (nSPS) is 13.2. The summed E-state index contributed by atoms with van der Waals surface area (Å²) in [5.41, 5.74) is 1.77. The quantitative estimate of drug-likeness (QED) is 0.842. The predicted octanol–water partition coefficient (Wildman–Crippen LogP) is 2.30. The monoisotopic (exact) mass is 356 g/mol. The van der Waals surface area contributed by atoms with Crippen molar-refractivity contribution in [3.63, 3.8) is 0 Å². The van der Waals surface area contributed by atoms with Crippen LogP contribution in [0.5, 0.6) is 5.75 Å². The highest BCUT2D eigenvalue weighted by Gasteiger charge is 2.19. The van der Waals surface area contributed by atoms with Crippen LogP contribution in [-0.4, -0.2) is 43.4 Å². The van der Waals surface area contributed by atoms with Gasteiger partial charge in [0.15, 0.2) is 6.79 Å². The fraction of sp³-hybridized carbons (Fsp3) is 0.500. The maximum absolute atomic E-state index is 11.9. The van der Waals surface area contributed by atoms with Gasteiger partial charge in [0.1, 0.15) is 5.75 Å². The summed E-state index contributed by atoms with van der Waals surface area (Å²) in [4.78, 5) is 25.1. The van der Waals surface area contributed by atoms with E-state index in [0.29, 0.717) is 24.7 Å². The van der Waals surface area contributed by atoms with Gasteiger partial charge in [-0.15, -0.1) is 0 Å². The molecule has 0 aromatic heterocycles. The number of nitrogens with zero attached hydrogens (tertiary/aromatic N) is 1. The molecule has 0 atom stereocenters. The number of imide groups is 1. The maximum Gasteiger partial charge on any atom is 0.413 e. The molecule has 0 saturated carbocycles. The summed E-state index contributed by atoms with van der Waals surface area (Å²) in [6.07, 6.45) is -0.737. The summed E-state index contributed by atoms with van der Waals surface area (Å²) in [6, 6.07) is 3.63. The van der Waals surface area contributed by atoms with Crippen LogP contribution in [0.2, 0.25) is 5.02 Å². The number of halogens is 1. The van der Waals surface area contributed by atoms with Gasteiger partial charge in [0.05, 0.1) is 19.8 Å². The second-order valence-electron chi connectivity index (χ2n) is 5.24. The van der Waals surface area contributed by atoms with E-state index in [4.69, 9.17) is 25.8 Å². The van der Waals surface area contributed by atoms with Gasteiger partial charge in [-0.2, -0.15) is 0 Å². The zero-order chi connectivity index (χ0) is 17.5. The van der Waals surface area contributed by atoms with Crippen molar-refractivity contribution in [2.75, 3.05) is 26.5 Å². The number of rotatable bonds is 6. The van der Waals surface area contributed by atoms with Crippen molar-refractivity contribution in [2.45, 2.75) is 27.0 Å². The van der Waals surface area contributed by atoms with Gasteiger partial charge in [0.2, 0.25) is 5.91 Å². The van der Waals surface area contributed by atoms with Crippen LogP contribution in [0.15, 0.2) is 12.1 Å². The molecular weight excluding hydrogens is 336 g/mol. The standard InChI is InChI=1S/C16H21ClN2O5/c1-3-19(8-14(20)18-16(21)23-4-2)7-11-5-13(17)6-12-9-22-10-24-15(11)12/h5-6H,3-4,7-10H2,1-2H3,(H,18,20,21). The molecule has 1 aliphatic rings. The van der Waals surface area contributed by atoms with Gasteiger partial charge in [-0.1, -0.05) is 18.5 Å². The number of hydrogen-bond acceptors (Lipinski definition) is 6. The zero-order valence-corrected chi connectivity index (χ0v) is 14.5. The third-order valence-corrected chi connectivity index (χ3v) is 3.70. The van der Waals surface area contributed by atoms with E-state index in [1.807, 2.05) is 24.0 Å². The Kier molecular flexibility index (Phi) is 6.84. The van der Waals surface area contributed by atoms with Crippen molar-refractivity contribution in [3.8, 4) is 5.75 Å². The van der Waals surface area contributed by atoms with E-state index in [1.54, 1.807) is 6.92 Å². The lowest BCUT2D eigenvalue weighted by atomic mass is 10.1. The SMILES string of the molecule is CCOC(=O)NC(=O)CN(CC)Cc1cc(Cl)cc2c1OCOC2. The molecular formula is C16H21ClN2O5. The van der Waals surface area contributed by atoms with E-state index >= 15 is 0 Å². The van der Waals surface area contributed by atoms with Gasteiger partial charge >= 0.3 is 6.09 Å². The van der Waals surface area contributed by atoms with Crippen molar-refractivity contribution < 1.29 is 23.8 Å². The summed E-state index contributed by atoms with van der Waals surface area (Å²) in [7, 11) is 0. The van der Waals surface area contributed by atoms with Crippen LogP contribution in [0.3, 0.4) is 0 Å². The molecule has 0 fully saturated rings.